The van der Waals surface area contributed by atoms with E-state index in [0.29, 0.717) is 0 Å². The third-order valence-corrected chi connectivity index (χ3v) is 6.52. The predicted octanol–water partition coefficient (Wildman–Crippen LogP) is 4.06. The third-order valence-electron chi connectivity index (χ3n) is 6.52. The second-order valence-corrected chi connectivity index (χ2v) is 7.95. The van der Waals surface area contributed by atoms with Gasteiger partial charge in [0.15, 0.2) is 0 Å². The Morgan fingerprint density at radius 1 is 0.952 bits per heavy atom. The van der Waals surface area contributed by atoms with Crippen LogP contribution in [0.3, 0.4) is 0 Å². The van der Waals surface area contributed by atoms with E-state index < -0.39 is 0 Å². The summed E-state index contributed by atoms with van der Waals surface area (Å²) in [5.74, 6) is 2.89. The Bertz CT molecular complexity index is 303. The Balaban J connectivity index is 1.60. The van der Waals surface area contributed by atoms with Crippen molar-refractivity contribution in [2.75, 3.05) is 19.6 Å². The van der Waals surface area contributed by atoms with E-state index in [1.54, 1.807) is 0 Å². The van der Waals surface area contributed by atoms with E-state index in [2.05, 4.69) is 24.1 Å². The molecular weight excluding hydrogens is 256 g/mol. The van der Waals surface area contributed by atoms with Crippen molar-refractivity contribution in [3.8, 4) is 0 Å². The van der Waals surface area contributed by atoms with Gasteiger partial charge in [-0.2, -0.15) is 0 Å². The van der Waals surface area contributed by atoms with Crippen molar-refractivity contribution in [2.45, 2.75) is 83.7 Å². The van der Waals surface area contributed by atoms with Crippen LogP contribution in [0.5, 0.6) is 0 Å². The van der Waals surface area contributed by atoms with Crippen molar-refractivity contribution < 1.29 is 0 Å². The predicted molar refractivity (Wildman–Crippen MR) is 90.5 cm³/mol. The lowest BCUT2D eigenvalue weighted by Crippen LogP contribution is -2.60. The molecule has 122 valence electrons. The number of nitrogens with zero attached hydrogens (tertiary/aromatic N) is 1. The van der Waals surface area contributed by atoms with Crippen LogP contribution in [0.4, 0.5) is 0 Å². The van der Waals surface area contributed by atoms with Gasteiger partial charge in [-0.3, -0.25) is 4.90 Å². The molecule has 0 bridgehead atoms. The molecule has 2 saturated carbocycles. The highest BCUT2D eigenvalue weighted by Gasteiger charge is 2.40. The molecular formula is C19H36N2. The summed E-state index contributed by atoms with van der Waals surface area (Å²) in [6.45, 7) is 8.72. The van der Waals surface area contributed by atoms with Gasteiger partial charge in [0.2, 0.25) is 0 Å². The number of nitrogens with one attached hydrogen (secondary N) is 1. The molecule has 21 heavy (non-hydrogen) atoms. The summed E-state index contributed by atoms with van der Waals surface area (Å²) >= 11 is 0. The molecule has 1 aliphatic heterocycles. The summed E-state index contributed by atoms with van der Waals surface area (Å²) in [6.07, 6.45) is 13.1. The molecule has 3 aliphatic rings. The number of rotatable bonds is 6. The topological polar surface area (TPSA) is 15.3 Å². The lowest BCUT2D eigenvalue weighted by molar-refractivity contribution is 0.0690. The molecule has 2 heteroatoms. The molecule has 2 aliphatic carbocycles. The smallest absolute Gasteiger partial charge is 0.0249 e. The number of hydrogen-bond donors (Lipinski definition) is 1. The van der Waals surface area contributed by atoms with Crippen molar-refractivity contribution in [3.63, 3.8) is 0 Å². The van der Waals surface area contributed by atoms with Crippen LogP contribution in [0.15, 0.2) is 0 Å². The van der Waals surface area contributed by atoms with E-state index in [-0.39, 0.29) is 0 Å². The van der Waals surface area contributed by atoms with Crippen LogP contribution in [0, 0.1) is 17.8 Å². The first kappa shape index (κ1) is 15.8. The van der Waals surface area contributed by atoms with Crippen LogP contribution < -0.4 is 5.32 Å². The first-order valence-corrected chi connectivity index (χ1v) is 9.79. The van der Waals surface area contributed by atoms with Crippen molar-refractivity contribution in [3.05, 3.63) is 0 Å². The van der Waals surface area contributed by atoms with Gasteiger partial charge in [0.25, 0.3) is 0 Å². The highest BCUT2D eigenvalue weighted by Crippen LogP contribution is 2.38. The normalized spacial score (nSPS) is 32.7. The van der Waals surface area contributed by atoms with Gasteiger partial charge in [0.1, 0.15) is 0 Å². The zero-order valence-electron chi connectivity index (χ0n) is 14.3. The van der Waals surface area contributed by atoms with Gasteiger partial charge < -0.3 is 5.32 Å². The van der Waals surface area contributed by atoms with E-state index in [4.69, 9.17) is 0 Å². The van der Waals surface area contributed by atoms with Crippen molar-refractivity contribution in [1.29, 1.82) is 0 Å². The van der Waals surface area contributed by atoms with Crippen molar-refractivity contribution >= 4 is 0 Å². The Morgan fingerprint density at radius 2 is 1.67 bits per heavy atom. The van der Waals surface area contributed by atoms with E-state index in [1.807, 2.05) is 0 Å². The minimum Gasteiger partial charge on any atom is -0.311 e. The zero-order valence-corrected chi connectivity index (χ0v) is 14.3. The quantitative estimate of drug-likeness (QED) is 0.794. The Labute approximate surface area is 132 Å². The Hall–Kier alpha value is -0.0800. The minimum atomic E-state index is 0.787. The highest BCUT2D eigenvalue weighted by molar-refractivity contribution is 4.97. The molecule has 3 fully saturated rings. The summed E-state index contributed by atoms with van der Waals surface area (Å²) in [5, 5.41) is 3.96. The molecule has 1 saturated heterocycles. The average Bonchev–Trinajstić information content (AvgIpc) is 3.38. The van der Waals surface area contributed by atoms with Crippen LogP contribution in [0.2, 0.25) is 0 Å². The lowest BCUT2D eigenvalue weighted by Gasteiger charge is -2.45. The standard InChI is InChI=1S/C19H36N2/c1-3-15(4-2)13-21-14-18(16-8-6-5-7-9-16)20-12-19(21)17-10-11-17/h15-20H,3-14H2,1-2H3. The number of piperazine rings is 1. The maximum absolute atomic E-state index is 3.96. The van der Waals surface area contributed by atoms with Gasteiger partial charge in [0.05, 0.1) is 0 Å². The molecule has 0 aromatic heterocycles. The SMILES string of the molecule is CCC(CC)CN1CC(C2CCCCC2)NCC1C1CC1. The van der Waals surface area contributed by atoms with Crippen LogP contribution in [0.1, 0.15) is 71.6 Å². The van der Waals surface area contributed by atoms with E-state index in [9.17, 15) is 0 Å². The van der Waals surface area contributed by atoms with Gasteiger partial charge in [-0.05, 0) is 43.4 Å². The van der Waals surface area contributed by atoms with Gasteiger partial charge in [-0.1, -0.05) is 46.0 Å². The fraction of sp³-hybridized carbons (Fsp3) is 1.00. The molecule has 0 radical (unpaired) electrons. The average molecular weight is 293 g/mol. The van der Waals surface area contributed by atoms with Crippen LogP contribution in [-0.2, 0) is 0 Å². The van der Waals surface area contributed by atoms with Gasteiger partial charge in [0, 0.05) is 31.7 Å². The Kier molecular flexibility index (Phi) is 5.61. The van der Waals surface area contributed by atoms with E-state index in [0.717, 1.165) is 29.8 Å². The second kappa shape index (κ2) is 7.46. The molecule has 0 amide bonds. The molecule has 2 nitrogen and oxygen atoms in total. The molecule has 2 atom stereocenters. The first-order chi connectivity index (χ1) is 10.3. The zero-order chi connectivity index (χ0) is 14.7. The van der Waals surface area contributed by atoms with E-state index >= 15 is 0 Å². The van der Waals surface area contributed by atoms with Crippen LogP contribution >= 0.6 is 0 Å². The molecule has 0 spiro atoms. The monoisotopic (exact) mass is 292 g/mol. The molecule has 1 N–H and O–H groups in total. The molecule has 0 aromatic carbocycles. The summed E-state index contributed by atoms with van der Waals surface area (Å²) in [5.41, 5.74) is 0. The summed E-state index contributed by atoms with van der Waals surface area (Å²) in [7, 11) is 0. The maximum Gasteiger partial charge on any atom is 0.0249 e. The molecule has 2 unspecified atom stereocenters. The second-order valence-electron chi connectivity index (χ2n) is 7.95. The summed E-state index contributed by atoms with van der Waals surface area (Å²) < 4.78 is 0. The lowest BCUT2D eigenvalue weighted by atomic mass is 9.82. The fourth-order valence-corrected chi connectivity index (χ4v) is 4.74. The van der Waals surface area contributed by atoms with Crippen LogP contribution in [-0.4, -0.2) is 36.6 Å². The largest absolute Gasteiger partial charge is 0.311 e. The minimum absolute atomic E-state index is 0.787. The first-order valence-electron chi connectivity index (χ1n) is 9.79. The molecule has 3 rings (SSSR count). The van der Waals surface area contributed by atoms with Gasteiger partial charge in [-0.25, -0.2) is 0 Å². The van der Waals surface area contributed by atoms with E-state index in [1.165, 1.54) is 77.4 Å². The van der Waals surface area contributed by atoms with Gasteiger partial charge in [-0.15, -0.1) is 0 Å². The summed E-state index contributed by atoms with van der Waals surface area (Å²) in [4.78, 5) is 2.91. The summed E-state index contributed by atoms with van der Waals surface area (Å²) in [6, 6.07) is 1.64. The highest BCUT2D eigenvalue weighted by atomic mass is 15.2. The van der Waals surface area contributed by atoms with Gasteiger partial charge >= 0.3 is 0 Å². The van der Waals surface area contributed by atoms with Crippen molar-refractivity contribution in [2.24, 2.45) is 17.8 Å². The molecule has 1 heterocycles. The maximum atomic E-state index is 3.96. The Morgan fingerprint density at radius 3 is 2.29 bits per heavy atom. The van der Waals surface area contributed by atoms with Crippen molar-refractivity contribution in [1.82, 2.24) is 10.2 Å². The third kappa shape index (κ3) is 4.01. The fourth-order valence-electron chi connectivity index (χ4n) is 4.74. The number of hydrogen-bond acceptors (Lipinski definition) is 2. The van der Waals surface area contributed by atoms with Crippen LogP contribution in [0.25, 0.3) is 0 Å². The molecule has 0 aromatic rings.